The molecule has 2 atom stereocenters. The lowest BCUT2D eigenvalue weighted by atomic mass is 10.2. The minimum atomic E-state index is -0.525. The lowest BCUT2D eigenvalue weighted by Crippen LogP contribution is -2.36. The van der Waals surface area contributed by atoms with Crippen LogP contribution in [0.2, 0.25) is 0 Å². The molecule has 2 heterocycles. The van der Waals surface area contributed by atoms with Crippen LogP contribution in [0.15, 0.2) is 28.7 Å². The number of rotatable bonds is 3. The summed E-state index contributed by atoms with van der Waals surface area (Å²) in [5.74, 6) is 0.201. The zero-order valence-corrected chi connectivity index (χ0v) is 11.2. The number of aliphatic hydroxyl groups excluding tert-OH is 1. The normalized spacial score (nSPS) is 23.3. The number of ether oxygens (including phenoxy) is 1. The second-order valence-corrected chi connectivity index (χ2v) is 4.93. The van der Waals surface area contributed by atoms with Crippen LogP contribution in [0, 0.1) is 0 Å². The fraction of sp³-hybridized carbons (Fsp3) is 0.429. The largest absolute Gasteiger partial charge is 0.468 e. The second-order valence-electron chi connectivity index (χ2n) is 4.93. The number of hydrogen-bond donors (Lipinski definition) is 1. The molecular weight excluding hydrogens is 260 g/mol. The van der Waals surface area contributed by atoms with Crippen LogP contribution in [-0.4, -0.2) is 46.8 Å². The molecule has 3 rings (SSSR count). The van der Waals surface area contributed by atoms with E-state index in [4.69, 9.17) is 9.15 Å². The molecule has 1 aromatic carbocycles. The Kier molecular flexibility index (Phi) is 3.42. The quantitative estimate of drug-likeness (QED) is 0.841. The Balaban J connectivity index is 1.80. The number of oxazole rings is 1. The van der Waals surface area contributed by atoms with Crippen LogP contribution in [0.5, 0.6) is 0 Å². The molecule has 2 unspecified atom stereocenters. The number of β-amino-alcohol motifs (C(OH)–C–C–N with tert-alkyl or cyclic N) is 1. The summed E-state index contributed by atoms with van der Waals surface area (Å²) in [6, 6.07) is 7.06. The molecule has 0 spiro atoms. The molecule has 1 aromatic heterocycles. The molecule has 0 bridgehead atoms. The van der Waals surface area contributed by atoms with Crippen LogP contribution in [0.4, 0.5) is 0 Å². The van der Waals surface area contributed by atoms with Crippen molar-refractivity contribution >= 4 is 17.1 Å². The van der Waals surface area contributed by atoms with Gasteiger partial charge in [-0.25, -0.2) is 4.98 Å². The highest BCUT2D eigenvalue weighted by Crippen LogP contribution is 2.23. The predicted molar refractivity (Wildman–Crippen MR) is 70.8 cm³/mol. The zero-order chi connectivity index (χ0) is 14.1. The number of esters is 1. The van der Waals surface area contributed by atoms with Crippen molar-refractivity contribution in [3.63, 3.8) is 0 Å². The van der Waals surface area contributed by atoms with Gasteiger partial charge in [0.25, 0.3) is 0 Å². The molecule has 0 aliphatic carbocycles. The third-order valence-electron chi connectivity index (χ3n) is 3.53. The first kappa shape index (κ1) is 13.1. The SMILES string of the molecule is COC(=O)C1CC(O)CN1Cc1nc2ccccc2o1. The van der Waals surface area contributed by atoms with Gasteiger partial charge in [0.05, 0.1) is 19.8 Å². The van der Waals surface area contributed by atoms with E-state index in [0.717, 1.165) is 11.1 Å². The van der Waals surface area contributed by atoms with E-state index in [1.54, 1.807) is 0 Å². The predicted octanol–water partition coefficient (Wildman–Crippen LogP) is 0.936. The lowest BCUT2D eigenvalue weighted by molar-refractivity contribution is -0.146. The van der Waals surface area contributed by atoms with Gasteiger partial charge in [-0.2, -0.15) is 0 Å². The molecular formula is C14H16N2O4. The summed E-state index contributed by atoms with van der Waals surface area (Å²) in [6.07, 6.45) is -0.143. The van der Waals surface area contributed by atoms with Gasteiger partial charge in [-0.15, -0.1) is 0 Å². The van der Waals surface area contributed by atoms with E-state index in [1.165, 1.54) is 7.11 Å². The maximum atomic E-state index is 11.7. The van der Waals surface area contributed by atoms with Crippen LogP contribution in [0.3, 0.4) is 0 Å². The topological polar surface area (TPSA) is 75.8 Å². The molecule has 1 aliphatic heterocycles. The Morgan fingerprint density at radius 3 is 3.10 bits per heavy atom. The monoisotopic (exact) mass is 276 g/mol. The molecule has 0 radical (unpaired) electrons. The molecule has 106 valence electrons. The van der Waals surface area contributed by atoms with Crippen molar-refractivity contribution in [3.05, 3.63) is 30.2 Å². The molecule has 0 saturated carbocycles. The van der Waals surface area contributed by atoms with Crippen molar-refractivity contribution in [1.29, 1.82) is 0 Å². The first-order valence-corrected chi connectivity index (χ1v) is 6.52. The summed E-state index contributed by atoms with van der Waals surface area (Å²) in [5.41, 5.74) is 1.51. The van der Waals surface area contributed by atoms with Gasteiger partial charge in [0, 0.05) is 13.0 Å². The highest BCUT2D eigenvalue weighted by molar-refractivity contribution is 5.76. The van der Waals surface area contributed by atoms with Gasteiger partial charge in [0.1, 0.15) is 11.6 Å². The van der Waals surface area contributed by atoms with Crippen LogP contribution < -0.4 is 0 Å². The third kappa shape index (κ3) is 2.39. The van der Waals surface area contributed by atoms with E-state index < -0.39 is 12.1 Å². The molecule has 1 N–H and O–H groups in total. The number of nitrogens with zero attached hydrogens (tertiary/aromatic N) is 2. The van der Waals surface area contributed by atoms with E-state index in [-0.39, 0.29) is 5.97 Å². The number of likely N-dealkylation sites (tertiary alicyclic amines) is 1. The van der Waals surface area contributed by atoms with Gasteiger partial charge in [-0.1, -0.05) is 12.1 Å². The van der Waals surface area contributed by atoms with Crippen LogP contribution in [-0.2, 0) is 16.1 Å². The lowest BCUT2D eigenvalue weighted by Gasteiger charge is -2.19. The van der Waals surface area contributed by atoms with Crippen molar-refractivity contribution in [2.24, 2.45) is 0 Å². The summed E-state index contributed by atoms with van der Waals surface area (Å²) >= 11 is 0. The summed E-state index contributed by atoms with van der Waals surface area (Å²) in [7, 11) is 1.35. The standard InChI is InChI=1S/C14H16N2O4/c1-19-14(18)11-6-9(17)7-16(11)8-13-15-10-4-2-3-5-12(10)20-13/h2-5,9,11,17H,6-8H2,1H3. The molecule has 2 aromatic rings. The number of fused-ring (bicyclic) bond motifs is 1. The number of carbonyl (C=O) groups excluding carboxylic acids is 1. The van der Waals surface area contributed by atoms with Crippen molar-refractivity contribution in [2.75, 3.05) is 13.7 Å². The Morgan fingerprint density at radius 2 is 2.35 bits per heavy atom. The molecule has 1 saturated heterocycles. The zero-order valence-electron chi connectivity index (χ0n) is 11.2. The number of aliphatic hydroxyl groups is 1. The van der Waals surface area contributed by atoms with Gasteiger partial charge in [-0.3, -0.25) is 9.69 Å². The molecule has 0 amide bonds. The van der Waals surface area contributed by atoms with Crippen molar-refractivity contribution in [2.45, 2.75) is 25.1 Å². The fourth-order valence-electron chi connectivity index (χ4n) is 2.60. The fourth-order valence-corrected chi connectivity index (χ4v) is 2.60. The van der Waals surface area contributed by atoms with E-state index >= 15 is 0 Å². The summed E-state index contributed by atoms with van der Waals surface area (Å²) in [6.45, 7) is 0.796. The van der Waals surface area contributed by atoms with E-state index in [2.05, 4.69) is 4.98 Å². The minimum Gasteiger partial charge on any atom is -0.468 e. The first-order valence-electron chi connectivity index (χ1n) is 6.52. The highest BCUT2D eigenvalue weighted by Gasteiger charge is 2.37. The Hall–Kier alpha value is -1.92. The molecule has 6 nitrogen and oxygen atoms in total. The molecule has 1 aliphatic rings. The minimum absolute atomic E-state index is 0.335. The third-order valence-corrected chi connectivity index (χ3v) is 3.53. The van der Waals surface area contributed by atoms with Crippen molar-refractivity contribution in [1.82, 2.24) is 9.88 Å². The van der Waals surface area contributed by atoms with Gasteiger partial charge in [0.15, 0.2) is 5.58 Å². The van der Waals surface area contributed by atoms with Crippen molar-refractivity contribution < 1.29 is 19.1 Å². The Morgan fingerprint density at radius 1 is 1.55 bits per heavy atom. The number of carbonyl (C=O) groups is 1. The maximum absolute atomic E-state index is 11.7. The molecule has 20 heavy (non-hydrogen) atoms. The summed E-state index contributed by atoms with van der Waals surface area (Å²) in [5, 5.41) is 9.73. The van der Waals surface area contributed by atoms with Crippen LogP contribution >= 0.6 is 0 Å². The van der Waals surface area contributed by atoms with Gasteiger partial charge >= 0.3 is 5.97 Å². The number of hydrogen-bond acceptors (Lipinski definition) is 6. The van der Waals surface area contributed by atoms with Crippen LogP contribution in [0.25, 0.3) is 11.1 Å². The van der Waals surface area contributed by atoms with E-state index in [1.807, 2.05) is 29.2 Å². The highest BCUT2D eigenvalue weighted by atomic mass is 16.5. The Labute approximate surface area is 116 Å². The molecule has 1 fully saturated rings. The number of benzene rings is 1. The molecule has 6 heteroatoms. The van der Waals surface area contributed by atoms with Gasteiger partial charge < -0.3 is 14.3 Å². The average molecular weight is 276 g/mol. The number of aromatic nitrogens is 1. The van der Waals surface area contributed by atoms with E-state index in [9.17, 15) is 9.90 Å². The van der Waals surface area contributed by atoms with Crippen LogP contribution in [0.1, 0.15) is 12.3 Å². The number of para-hydroxylation sites is 2. The summed E-state index contributed by atoms with van der Waals surface area (Å²) < 4.78 is 10.4. The smallest absolute Gasteiger partial charge is 0.323 e. The van der Waals surface area contributed by atoms with Gasteiger partial charge in [0.2, 0.25) is 5.89 Å². The van der Waals surface area contributed by atoms with Crippen molar-refractivity contribution in [3.8, 4) is 0 Å². The number of methoxy groups -OCH3 is 1. The summed E-state index contributed by atoms with van der Waals surface area (Å²) in [4.78, 5) is 17.9. The first-order chi connectivity index (χ1) is 9.67. The van der Waals surface area contributed by atoms with Gasteiger partial charge in [-0.05, 0) is 12.1 Å². The Bertz CT molecular complexity index is 591. The maximum Gasteiger partial charge on any atom is 0.323 e. The average Bonchev–Trinajstić information content (AvgIpc) is 3.01. The van der Waals surface area contributed by atoms with E-state index in [0.29, 0.717) is 25.4 Å². The second kappa shape index (κ2) is 5.22.